The van der Waals surface area contributed by atoms with Gasteiger partial charge in [-0.05, 0) is 42.5 Å². The van der Waals surface area contributed by atoms with E-state index in [0.29, 0.717) is 26.1 Å². The zero-order valence-corrected chi connectivity index (χ0v) is 12.9. The molecule has 0 saturated heterocycles. The first-order valence-electron chi connectivity index (χ1n) is 6.04. The molecule has 6 heteroatoms. The van der Waals surface area contributed by atoms with Gasteiger partial charge in [-0.3, -0.25) is 10.2 Å². The van der Waals surface area contributed by atoms with Gasteiger partial charge in [-0.1, -0.05) is 27.5 Å². The van der Waals surface area contributed by atoms with E-state index in [9.17, 15) is 9.60 Å². The molecular formula is C15H9BrClFN2O. The van der Waals surface area contributed by atoms with Crippen molar-refractivity contribution in [2.24, 2.45) is 0 Å². The van der Waals surface area contributed by atoms with E-state index >= 15 is 0 Å². The molecular weight excluding hydrogens is 359 g/mol. The van der Waals surface area contributed by atoms with Crippen LogP contribution >= 0.6 is 27.5 Å². The van der Waals surface area contributed by atoms with Gasteiger partial charge in [0.2, 0.25) is 0 Å². The van der Waals surface area contributed by atoms with Crippen molar-refractivity contribution in [1.82, 2.24) is 4.98 Å². The molecule has 3 nitrogen and oxygen atoms in total. The van der Waals surface area contributed by atoms with E-state index in [0.717, 1.165) is 5.06 Å². The Morgan fingerprint density at radius 1 is 1.10 bits per heavy atom. The van der Waals surface area contributed by atoms with Crippen molar-refractivity contribution in [1.29, 1.82) is 0 Å². The minimum absolute atomic E-state index is 0.0562. The van der Waals surface area contributed by atoms with Crippen molar-refractivity contribution in [2.75, 3.05) is 5.06 Å². The number of halogens is 3. The fourth-order valence-corrected chi connectivity index (χ4v) is 2.57. The van der Waals surface area contributed by atoms with Crippen molar-refractivity contribution in [3.05, 3.63) is 64.0 Å². The highest BCUT2D eigenvalue weighted by molar-refractivity contribution is 9.10. The average Bonchev–Trinajstić information content (AvgIpc) is 2.45. The summed E-state index contributed by atoms with van der Waals surface area (Å²) in [4.78, 5) is 4.19. The van der Waals surface area contributed by atoms with Gasteiger partial charge in [0.1, 0.15) is 11.5 Å². The number of hydrogen-bond donors (Lipinski definition) is 1. The van der Waals surface area contributed by atoms with Crippen LogP contribution in [-0.4, -0.2) is 10.2 Å². The first kappa shape index (κ1) is 14.3. The van der Waals surface area contributed by atoms with E-state index in [1.165, 1.54) is 18.3 Å². The normalized spacial score (nSPS) is 10.9. The highest BCUT2D eigenvalue weighted by atomic mass is 79.9. The Hall–Kier alpha value is -1.69. The quantitative estimate of drug-likeness (QED) is 0.623. The summed E-state index contributed by atoms with van der Waals surface area (Å²) >= 11 is 9.11. The van der Waals surface area contributed by atoms with Gasteiger partial charge in [0.25, 0.3) is 0 Å². The largest absolute Gasteiger partial charge is 0.283 e. The van der Waals surface area contributed by atoms with Crippen LogP contribution in [0.4, 0.5) is 15.8 Å². The Morgan fingerprint density at radius 2 is 1.90 bits per heavy atom. The number of aromatic nitrogens is 1. The van der Waals surface area contributed by atoms with Crippen molar-refractivity contribution in [3.8, 4) is 0 Å². The third-order valence-corrected chi connectivity index (χ3v) is 3.78. The molecule has 2 aromatic carbocycles. The summed E-state index contributed by atoms with van der Waals surface area (Å²) < 4.78 is 14.6. The fraction of sp³-hybridized carbons (Fsp3) is 0. The van der Waals surface area contributed by atoms with Crippen LogP contribution in [0.25, 0.3) is 10.9 Å². The molecule has 3 aromatic rings. The van der Waals surface area contributed by atoms with Crippen LogP contribution in [0, 0.1) is 5.82 Å². The van der Waals surface area contributed by atoms with Crippen molar-refractivity contribution in [3.63, 3.8) is 0 Å². The lowest BCUT2D eigenvalue weighted by atomic mass is 10.1. The first-order chi connectivity index (χ1) is 10.1. The molecule has 0 atom stereocenters. The number of rotatable bonds is 2. The molecule has 0 spiro atoms. The lowest BCUT2D eigenvalue weighted by Crippen LogP contribution is -2.12. The van der Waals surface area contributed by atoms with Gasteiger partial charge in [0, 0.05) is 21.1 Å². The topological polar surface area (TPSA) is 36.4 Å². The molecule has 0 aliphatic rings. The molecule has 106 valence electrons. The molecule has 0 unspecified atom stereocenters. The number of fused-ring (bicyclic) bond motifs is 1. The molecule has 1 N–H and O–H groups in total. The maximum absolute atomic E-state index is 14.0. The lowest BCUT2D eigenvalue weighted by molar-refractivity contribution is 0.297. The number of pyridine rings is 1. The molecule has 0 amide bonds. The molecule has 1 heterocycles. The van der Waals surface area contributed by atoms with Gasteiger partial charge in [-0.25, -0.2) is 9.45 Å². The Balaban J connectivity index is 2.15. The third kappa shape index (κ3) is 2.72. The van der Waals surface area contributed by atoms with Crippen LogP contribution in [0.3, 0.4) is 0 Å². The number of nitrogens with zero attached hydrogens (tertiary/aromatic N) is 2. The average molecular weight is 368 g/mol. The lowest BCUT2D eigenvalue weighted by Gasteiger charge is -2.19. The van der Waals surface area contributed by atoms with Gasteiger partial charge in [-0.2, -0.15) is 0 Å². The summed E-state index contributed by atoms with van der Waals surface area (Å²) in [5, 5.41) is 12.4. The molecule has 0 saturated carbocycles. The van der Waals surface area contributed by atoms with Gasteiger partial charge < -0.3 is 0 Å². The Labute approximate surface area is 133 Å². The highest BCUT2D eigenvalue weighted by Crippen LogP contribution is 2.33. The van der Waals surface area contributed by atoms with E-state index in [-0.39, 0.29) is 5.69 Å². The van der Waals surface area contributed by atoms with Crippen LogP contribution in [-0.2, 0) is 0 Å². The van der Waals surface area contributed by atoms with Crippen LogP contribution < -0.4 is 5.06 Å². The predicted molar refractivity (Wildman–Crippen MR) is 84.8 cm³/mol. The molecule has 0 radical (unpaired) electrons. The zero-order valence-electron chi connectivity index (χ0n) is 10.6. The Kier molecular flexibility index (Phi) is 3.80. The van der Waals surface area contributed by atoms with Crippen LogP contribution in [0.2, 0.25) is 5.02 Å². The van der Waals surface area contributed by atoms with Gasteiger partial charge in [-0.15, -0.1) is 0 Å². The fourth-order valence-electron chi connectivity index (χ4n) is 2.07. The van der Waals surface area contributed by atoms with E-state index in [2.05, 4.69) is 20.9 Å². The summed E-state index contributed by atoms with van der Waals surface area (Å²) in [5.74, 6) is -0.536. The number of anilines is 2. The second-order valence-electron chi connectivity index (χ2n) is 4.40. The monoisotopic (exact) mass is 366 g/mol. The smallest absolute Gasteiger partial charge is 0.150 e. The molecule has 0 bridgehead atoms. The van der Waals surface area contributed by atoms with E-state index < -0.39 is 5.82 Å². The van der Waals surface area contributed by atoms with Crippen LogP contribution in [0.1, 0.15) is 0 Å². The molecule has 0 aliphatic heterocycles. The summed E-state index contributed by atoms with van der Waals surface area (Å²) in [6.45, 7) is 0. The van der Waals surface area contributed by atoms with Crippen LogP contribution in [0.5, 0.6) is 0 Å². The Bertz CT molecular complexity index is 828. The van der Waals surface area contributed by atoms with E-state index in [4.69, 9.17) is 11.6 Å². The first-order valence-corrected chi connectivity index (χ1v) is 7.22. The minimum atomic E-state index is -0.536. The number of benzene rings is 2. The van der Waals surface area contributed by atoms with E-state index in [1.807, 2.05) is 0 Å². The molecule has 0 fully saturated rings. The molecule has 3 rings (SSSR count). The van der Waals surface area contributed by atoms with Gasteiger partial charge >= 0.3 is 0 Å². The SMILES string of the molecule is ON(c1ccc(Br)cc1F)c1ccnc2cc(Cl)ccc12. The predicted octanol–water partition coefficient (Wildman–Crippen LogP) is 5.32. The van der Waals surface area contributed by atoms with Crippen molar-refractivity contribution in [2.45, 2.75) is 0 Å². The highest BCUT2D eigenvalue weighted by Gasteiger charge is 2.15. The maximum Gasteiger partial charge on any atom is 0.150 e. The van der Waals surface area contributed by atoms with Crippen molar-refractivity contribution >= 4 is 49.8 Å². The Morgan fingerprint density at radius 3 is 2.67 bits per heavy atom. The zero-order chi connectivity index (χ0) is 15.0. The summed E-state index contributed by atoms with van der Waals surface area (Å²) in [6.07, 6.45) is 1.54. The van der Waals surface area contributed by atoms with Crippen molar-refractivity contribution < 1.29 is 9.60 Å². The second-order valence-corrected chi connectivity index (χ2v) is 5.75. The summed E-state index contributed by atoms with van der Waals surface area (Å²) in [7, 11) is 0. The van der Waals surface area contributed by atoms with E-state index in [1.54, 1.807) is 30.3 Å². The molecule has 21 heavy (non-hydrogen) atoms. The number of hydrogen-bond acceptors (Lipinski definition) is 3. The third-order valence-electron chi connectivity index (χ3n) is 3.05. The minimum Gasteiger partial charge on any atom is -0.283 e. The maximum atomic E-state index is 14.0. The standard InChI is InChI=1S/C15H9BrClFN2O/c16-9-1-4-15(12(18)7-9)20(21)14-5-6-19-13-8-10(17)2-3-11(13)14/h1-8,21H. The molecule has 0 aliphatic carbocycles. The van der Waals surface area contributed by atoms with Crippen LogP contribution in [0.15, 0.2) is 53.1 Å². The van der Waals surface area contributed by atoms with Gasteiger partial charge in [0.15, 0.2) is 0 Å². The second kappa shape index (κ2) is 5.60. The molecule has 1 aromatic heterocycles. The van der Waals surface area contributed by atoms with Gasteiger partial charge in [0.05, 0.1) is 11.2 Å². The summed E-state index contributed by atoms with van der Waals surface area (Å²) in [6, 6.07) is 11.2. The summed E-state index contributed by atoms with van der Waals surface area (Å²) in [5.41, 5.74) is 1.11.